The molecule has 0 amide bonds. The maximum absolute atomic E-state index is 5.85. The SMILES string of the molecule is COc1ccc(OC)c2c1CCC([C@H]1CO[C@@H](C)O1)C2. The molecule has 3 atom stereocenters. The Balaban J connectivity index is 1.86. The summed E-state index contributed by atoms with van der Waals surface area (Å²) in [6.07, 6.45) is 3.21. The van der Waals surface area contributed by atoms with Crippen molar-refractivity contribution in [1.29, 1.82) is 0 Å². The fourth-order valence-electron chi connectivity index (χ4n) is 3.34. The first-order valence-electron chi connectivity index (χ1n) is 7.22. The summed E-state index contributed by atoms with van der Waals surface area (Å²) in [4.78, 5) is 0. The summed E-state index contributed by atoms with van der Waals surface area (Å²) in [6, 6.07) is 3.99. The van der Waals surface area contributed by atoms with Crippen LogP contribution in [0.25, 0.3) is 0 Å². The molecular formula is C16H22O4. The second-order valence-electron chi connectivity index (χ2n) is 5.51. The van der Waals surface area contributed by atoms with E-state index in [2.05, 4.69) is 0 Å². The van der Waals surface area contributed by atoms with E-state index >= 15 is 0 Å². The van der Waals surface area contributed by atoms with Gasteiger partial charge in [-0.2, -0.15) is 0 Å². The van der Waals surface area contributed by atoms with Crippen LogP contribution in [0.2, 0.25) is 0 Å². The van der Waals surface area contributed by atoms with Gasteiger partial charge in [-0.25, -0.2) is 0 Å². The third-order valence-corrected chi connectivity index (χ3v) is 4.40. The second kappa shape index (κ2) is 5.62. The number of ether oxygens (including phenoxy) is 4. The molecule has 1 aromatic carbocycles. The van der Waals surface area contributed by atoms with Gasteiger partial charge in [0.2, 0.25) is 0 Å². The summed E-state index contributed by atoms with van der Waals surface area (Å²) in [5.41, 5.74) is 2.56. The molecule has 2 aliphatic rings. The number of hydrogen-bond donors (Lipinski definition) is 0. The number of hydrogen-bond acceptors (Lipinski definition) is 4. The summed E-state index contributed by atoms with van der Waals surface area (Å²) in [6.45, 7) is 2.66. The zero-order chi connectivity index (χ0) is 14.1. The van der Waals surface area contributed by atoms with E-state index in [4.69, 9.17) is 18.9 Å². The molecule has 1 fully saturated rings. The smallest absolute Gasteiger partial charge is 0.155 e. The van der Waals surface area contributed by atoms with Crippen LogP contribution >= 0.6 is 0 Å². The van der Waals surface area contributed by atoms with Gasteiger partial charge in [0.25, 0.3) is 0 Å². The van der Waals surface area contributed by atoms with Crippen molar-refractivity contribution in [3.63, 3.8) is 0 Å². The van der Waals surface area contributed by atoms with E-state index in [0.29, 0.717) is 12.5 Å². The van der Waals surface area contributed by atoms with Crippen molar-refractivity contribution >= 4 is 0 Å². The summed E-state index contributed by atoms with van der Waals surface area (Å²) >= 11 is 0. The Kier molecular flexibility index (Phi) is 3.85. The van der Waals surface area contributed by atoms with Crippen molar-refractivity contribution in [2.75, 3.05) is 20.8 Å². The molecule has 0 N–H and O–H groups in total. The van der Waals surface area contributed by atoms with E-state index in [1.807, 2.05) is 19.1 Å². The standard InChI is InChI=1S/C16H22O4/c1-10-19-9-16(20-10)11-4-5-12-13(8-11)15(18-3)7-6-14(12)17-2/h6-7,10-11,16H,4-5,8-9H2,1-3H3/t10-,11?,16-/m1/s1. The van der Waals surface area contributed by atoms with Gasteiger partial charge in [-0.15, -0.1) is 0 Å². The van der Waals surface area contributed by atoms with E-state index < -0.39 is 0 Å². The molecule has 110 valence electrons. The Labute approximate surface area is 120 Å². The van der Waals surface area contributed by atoms with Crippen LogP contribution in [-0.2, 0) is 22.3 Å². The molecule has 1 heterocycles. The van der Waals surface area contributed by atoms with Crippen LogP contribution < -0.4 is 9.47 Å². The van der Waals surface area contributed by atoms with Crippen LogP contribution in [0.4, 0.5) is 0 Å². The minimum Gasteiger partial charge on any atom is -0.496 e. The first-order valence-corrected chi connectivity index (χ1v) is 7.22. The quantitative estimate of drug-likeness (QED) is 0.851. The highest BCUT2D eigenvalue weighted by Gasteiger charge is 2.34. The van der Waals surface area contributed by atoms with E-state index in [1.165, 1.54) is 11.1 Å². The Morgan fingerprint density at radius 3 is 2.40 bits per heavy atom. The monoisotopic (exact) mass is 278 g/mol. The van der Waals surface area contributed by atoms with Crippen molar-refractivity contribution in [1.82, 2.24) is 0 Å². The normalized spacial score (nSPS) is 29.1. The minimum absolute atomic E-state index is 0.0754. The molecule has 0 radical (unpaired) electrons. The van der Waals surface area contributed by atoms with Crippen molar-refractivity contribution < 1.29 is 18.9 Å². The summed E-state index contributed by atoms with van der Waals surface area (Å²) in [5, 5.41) is 0. The van der Waals surface area contributed by atoms with Crippen molar-refractivity contribution in [3.8, 4) is 11.5 Å². The van der Waals surface area contributed by atoms with Crippen molar-refractivity contribution in [2.45, 2.75) is 38.6 Å². The van der Waals surface area contributed by atoms with Gasteiger partial charge in [0, 0.05) is 11.1 Å². The minimum atomic E-state index is -0.0754. The molecule has 0 bridgehead atoms. The third kappa shape index (κ3) is 2.38. The molecule has 4 nitrogen and oxygen atoms in total. The topological polar surface area (TPSA) is 36.9 Å². The molecular weight excluding hydrogens is 256 g/mol. The van der Waals surface area contributed by atoms with Gasteiger partial charge in [-0.3, -0.25) is 0 Å². The van der Waals surface area contributed by atoms with Crippen LogP contribution in [0, 0.1) is 5.92 Å². The molecule has 0 saturated carbocycles. The van der Waals surface area contributed by atoms with Gasteiger partial charge >= 0.3 is 0 Å². The molecule has 1 unspecified atom stereocenters. The van der Waals surface area contributed by atoms with E-state index in [1.54, 1.807) is 14.2 Å². The maximum atomic E-state index is 5.85. The maximum Gasteiger partial charge on any atom is 0.155 e. The van der Waals surface area contributed by atoms with E-state index in [9.17, 15) is 0 Å². The largest absolute Gasteiger partial charge is 0.496 e. The summed E-state index contributed by atoms with van der Waals surface area (Å²) < 4.78 is 22.4. The first-order chi connectivity index (χ1) is 9.72. The van der Waals surface area contributed by atoms with Crippen molar-refractivity contribution in [2.24, 2.45) is 5.92 Å². The van der Waals surface area contributed by atoms with E-state index in [0.717, 1.165) is 30.8 Å². The molecule has 3 rings (SSSR count). The fourth-order valence-corrected chi connectivity index (χ4v) is 3.34. The highest BCUT2D eigenvalue weighted by Crippen LogP contribution is 2.40. The zero-order valence-electron chi connectivity index (χ0n) is 12.3. The van der Waals surface area contributed by atoms with Crippen LogP contribution in [0.1, 0.15) is 24.5 Å². The molecule has 0 aromatic heterocycles. The van der Waals surface area contributed by atoms with Crippen LogP contribution in [0.15, 0.2) is 12.1 Å². The summed E-state index contributed by atoms with van der Waals surface area (Å²) in [7, 11) is 3.45. The van der Waals surface area contributed by atoms with Crippen molar-refractivity contribution in [3.05, 3.63) is 23.3 Å². The average Bonchev–Trinajstić information content (AvgIpc) is 2.92. The van der Waals surface area contributed by atoms with Gasteiger partial charge in [-0.05, 0) is 44.2 Å². The molecule has 4 heteroatoms. The summed E-state index contributed by atoms with van der Waals surface area (Å²) in [5.74, 6) is 2.42. The molecule has 1 aliphatic carbocycles. The molecule has 1 aliphatic heterocycles. The first kappa shape index (κ1) is 13.7. The van der Waals surface area contributed by atoms with E-state index in [-0.39, 0.29) is 12.4 Å². The molecule has 20 heavy (non-hydrogen) atoms. The van der Waals surface area contributed by atoms with Crippen LogP contribution in [0.5, 0.6) is 11.5 Å². The number of rotatable bonds is 3. The van der Waals surface area contributed by atoms with Gasteiger partial charge < -0.3 is 18.9 Å². The van der Waals surface area contributed by atoms with Crippen LogP contribution in [0.3, 0.4) is 0 Å². The lowest BCUT2D eigenvalue weighted by molar-refractivity contribution is -0.0536. The van der Waals surface area contributed by atoms with Gasteiger partial charge in [0.05, 0.1) is 26.9 Å². The lowest BCUT2D eigenvalue weighted by Gasteiger charge is -2.30. The highest BCUT2D eigenvalue weighted by atomic mass is 16.7. The number of fused-ring (bicyclic) bond motifs is 1. The molecule has 1 saturated heterocycles. The Hall–Kier alpha value is -1.26. The Bertz CT molecular complexity index is 486. The Morgan fingerprint density at radius 1 is 1.10 bits per heavy atom. The predicted octanol–water partition coefficient (Wildman–Crippen LogP) is 2.57. The van der Waals surface area contributed by atoms with Gasteiger partial charge in [0.15, 0.2) is 6.29 Å². The number of benzene rings is 1. The number of methoxy groups -OCH3 is 2. The molecule has 1 aromatic rings. The zero-order valence-corrected chi connectivity index (χ0v) is 12.3. The van der Waals surface area contributed by atoms with Gasteiger partial charge in [0.1, 0.15) is 11.5 Å². The third-order valence-electron chi connectivity index (χ3n) is 4.40. The lowest BCUT2D eigenvalue weighted by Crippen LogP contribution is -2.29. The highest BCUT2D eigenvalue weighted by molar-refractivity contribution is 5.50. The lowest BCUT2D eigenvalue weighted by atomic mass is 9.80. The second-order valence-corrected chi connectivity index (χ2v) is 5.51. The Morgan fingerprint density at radius 2 is 1.80 bits per heavy atom. The average molecular weight is 278 g/mol. The van der Waals surface area contributed by atoms with Crippen LogP contribution in [-0.4, -0.2) is 33.2 Å². The fraction of sp³-hybridized carbons (Fsp3) is 0.625. The molecule has 0 spiro atoms. The predicted molar refractivity (Wildman–Crippen MR) is 75.3 cm³/mol. The van der Waals surface area contributed by atoms with Gasteiger partial charge in [-0.1, -0.05) is 0 Å².